The number of nitrogens with one attached hydrogen (secondary N) is 1. The maximum Gasteiger partial charge on any atom is 0.451 e. The van der Waals surface area contributed by atoms with E-state index in [0.29, 0.717) is 12.8 Å². The van der Waals surface area contributed by atoms with Crippen LogP contribution in [0, 0.1) is 18.6 Å². The SMILES string of the molecule is CCC12CCCN1N(Cc1cccc(F)c1F)C(=O)C(C(=O)Nc1cc(C)oc1C(F)(F)F)=C2O. The Balaban J connectivity index is 1.76. The van der Waals surface area contributed by atoms with Crippen LogP contribution in [0.1, 0.15) is 43.3 Å². The molecule has 1 atom stereocenters. The summed E-state index contributed by atoms with van der Waals surface area (Å²) in [5, 5.41) is 15.6. The number of aliphatic hydroxyl groups excluding tert-OH is 1. The van der Waals surface area contributed by atoms with E-state index in [2.05, 4.69) is 4.42 Å². The summed E-state index contributed by atoms with van der Waals surface area (Å²) >= 11 is 0. The average Bonchev–Trinajstić information content (AvgIpc) is 3.38. The quantitative estimate of drug-likeness (QED) is 0.455. The monoisotopic (exact) mass is 499 g/mol. The topological polar surface area (TPSA) is 86.0 Å². The number of hydrogen-bond donors (Lipinski definition) is 2. The molecule has 1 saturated heterocycles. The highest BCUT2D eigenvalue weighted by Gasteiger charge is 2.54. The third-order valence-corrected chi connectivity index (χ3v) is 6.40. The number of anilines is 1. The summed E-state index contributed by atoms with van der Waals surface area (Å²) in [5.74, 6) is -6.79. The molecule has 188 valence electrons. The lowest BCUT2D eigenvalue weighted by Gasteiger charge is -2.47. The number of halogens is 5. The van der Waals surface area contributed by atoms with Crippen LogP contribution in [0.2, 0.25) is 0 Å². The summed E-state index contributed by atoms with van der Waals surface area (Å²) < 4.78 is 72.8. The minimum Gasteiger partial charge on any atom is -0.509 e. The average molecular weight is 499 g/mol. The van der Waals surface area contributed by atoms with E-state index < -0.39 is 64.5 Å². The predicted molar refractivity (Wildman–Crippen MR) is 113 cm³/mol. The van der Waals surface area contributed by atoms with Gasteiger partial charge in [0.05, 0.1) is 17.8 Å². The van der Waals surface area contributed by atoms with Crippen molar-refractivity contribution in [3.63, 3.8) is 0 Å². The van der Waals surface area contributed by atoms with Gasteiger partial charge >= 0.3 is 6.18 Å². The maximum atomic E-state index is 14.4. The van der Waals surface area contributed by atoms with Gasteiger partial charge in [-0.15, -0.1) is 0 Å². The molecule has 3 heterocycles. The number of hydrogen-bond acceptors (Lipinski definition) is 5. The molecular formula is C23H22F5N3O4. The molecule has 0 saturated carbocycles. The second-order valence-corrected chi connectivity index (χ2v) is 8.46. The number of aryl methyl sites for hydroxylation is 1. The van der Waals surface area contributed by atoms with Gasteiger partial charge in [0.1, 0.15) is 17.1 Å². The number of aliphatic hydroxyl groups is 1. The van der Waals surface area contributed by atoms with Gasteiger partial charge in [-0.25, -0.2) is 13.8 Å². The van der Waals surface area contributed by atoms with E-state index in [1.165, 1.54) is 24.1 Å². The molecule has 0 spiro atoms. The normalized spacial score (nSPS) is 21.0. The molecule has 0 radical (unpaired) electrons. The molecule has 1 unspecified atom stereocenters. The highest BCUT2D eigenvalue weighted by molar-refractivity contribution is 6.23. The molecule has 2 aliphatic heterocycles. The molecule has 2 N–H and O–H groups in total. The zero-order valence-electron chi connectivity index (χ0n) is 18.8. The molecule has 1 fully saturated rings. The van der Waals surface area contributed by atoms with Crippen molar-refractivity contribution in [1.82, 2.24) is 10.0 Å². The molecule has 2 aliphatic rings. The first kappa shape index (κ1) is 24.7. The van der Waals surface area contributed by atoms with Crippen molar-refractivity contribution in [3.8, 4) is 0 Å². The Morgan fingerprint density at radius 3 is 2.66 bits per heavy atom. The molecule has 2 amide bonds. The Morgan fingerprint density at radius 1 is 1.29 bits per heavy atom. The van der Waals surface area contributed by atoms with Crippen LogP contribution >= 0.6 is 0 Å². The van der Waals surface area contributed by atoms with E-state index in [9.17, 15) is 36.6 Å². The zero-order chi connectivity index (χ0) is 25.7. The van der Waals surface area contributed by atoms with Crippen molar-refractivity contribution in [2.24, 2.45) is 0 Å². The van der Waals surface area contributed by atoms with Gasteiger partial charge in [-0.3, -0.25) is 14.6 Å². The Labute approximate surface area is 196 Å². The van der Waals surface area contributed by atoms with Crippen molar-refractivity contribution in [2.75, 3.05) is 11.9 Å². The number of furan rings is 1. The van der Waals surface area contributed by atoms with E-state index in [-0.39, 0.29) is 24.3 Å². The number of carbonyl (C=O) groups is 2. The summed E-state index contributed by atoms with van der Waals surface area (Å²) in [6.07, 6.45) is -3.83. The molecule has 12 heteroatoms. The number of nitrogens with zero attached hydrogens (tertiary/aromatic N) is 2. The number of rotatable bonds is 5. The third kappa shape index (κ3) is 4.05. The molecule has 7 nitrogen and oxygen atoms in total. The van der Waals surface area contributed by atoms with Crippen LogP contribution in [0.15, 0.2) is 40.0 Å². The Hall–Kier alpha value is -3.41. The van der Waals surface area contributed by atoms with Crippen LogP contribution in [0.5, 0.6) is 0 Å². The summed E-state index contributed by atoms with van der Waals surface area (Å²) in [7, 11) is 0. The van der Waals surface area contributed by atoms with Crippen molar-refractivity contribution >= 4 is 17.5 Å². The van der Waals surface area contributed by atoms with E-state index in [1.54, 1.807) is 6.92 Å². The lowest BCUT2D eigenvalue weighted by molar-refractivity contribution is -0.162. The van der Waals surface area contributed by atoms with Gasteiger partial charge in [0, 0.05) is 18.2 Å². The molecule has 0 bridgehead atoms. The summed E-state index contributed by atoms with van der Waals surface area (Å²) in [5.41, 5.74) is -2.85. The van der Waals surface area contributed by atoms with Crippen LogP contribution in [0.4, 0.5) is 27.6 Å². The fraction of sp³-hybridized carbons (Fsp3) is 0.391. The number of amides is 2. The third-order valence-electron chi connectivity index (χ3n) is 6.40. The smallest absolute Gasteiger partial charge is 0.451 e. The summed E-state index contributed by atoms with van der Waals surface area (Å²) in [6, 6.07) is 4.40. The van der Waals surface area contributed by atoms with Crippen molar-refractivity contribution in [1.29, 1.82) is 0 Å². The van der Waals surface area contributed by atoms with Gasteiger partial charge in [-0.05, 0) is 32.3 Å². The highest BCUT2D eigenvalue weighted by Crippen LogP contribution is 2.45. The van der Waals surface area contributed by atoms with Crippen LogP contribution in [0.3, 0.4) is 0 Å². The molecule has 4 rings (SSSR count). The maximum absolute atomic E-state index is 14.4. The Bertz CT molecular complexity index is 1220. The number of benzene rings is 1. The second-order valence-electron chi connectivity index (χ2n) is 8.46. The van der Waals surface area contributed by atoms with Gasteiger partial charge in [0.2, 0.25) is 5.76 Å². The van der Waals surface area contributed by atoms with Crippen LogP contribution < -0.4 is 5.32 Å². The first-order valence-electron chi connectivity index (χ1n) is 10.9. The standard InChI is InChI=1S/C23H22F5N3O4/c1-3-22-8-5-9-31(22)30(11-13-6-4-7-14(24)17(13)25)21(34)16(18(22)32)20(33)29-15-10-12(2)35-19(15)23(26,27)28/h4,6-7,10,32H,3,5,8-9,11H2,1-2H3,(H,29,33). The van der Waals surface area contributed by atoms with Gasteiger partial charge in [0.25, 0.3) is 11.8 Å². The fourth-order valence-electron chi connectivity index (χ4n) is 4.75. The largest absolute Gasteiger partial charge is 0.509 e. The van der Waals surface area contributed by atoms with Crippen LogP contribution in [0.25, 0.3) is 0 Å². The molecule has 0 aliphatic carbocycles. The Kier molecular flexibility index (Phi) is 6.12. The van der Waals surface area contributed by atoms with Crippen molar-refractivity contribution < 1.29 is 41.1 Å². The van der Waals surface area contributed by atoms with Gasteiger partial charge in [0.15, 0.2) is 11.6 Å². The number of carbonyl (C=O) groups excluding carboxylic acids is 2. The van der Waals surface area contributed by atoms with Gasteiger partial charge in [-0.2, -0.15) is 13.2 Å². The number of fused-ring (bicyclic) bond motifs is 1. The van der Waals surface area contributed by atoms with Crippen LogP contribution in [-0.4, -0.2) is 39.0 Å². The molecule has 35 heavy (non-hydrogen) atoms. The van der Waals surface area contributed by atoms with Crippen molar-refractivity contribution in [3.05, 3.63) is 64.3 Å². The molecule has 1 aromatic heterocycles. The molecular weight excluding hydrogens is 477 g/mol. The van der Waals surface area contributed by atoms with Crippen molar-refractivity contribution in [2.45, 2.75) is 51.4 Å². The lowest BCUT2D eigenvalue weighted by atomic mass is 9.86. The van der Waals surface area contributed by atoms with E-state index in [1.807, 2.05) is 5.32 Å². The number of alkyl halides is 3. The van der Waals surface area contributed by atoms with E-state index in [4.69, 9.17) is 0 Å². The Morgan fingerprint density at radius 2 is 2.00 bits per heavy atom. The molecule has 2 aromatic rings. The minimum atomic E-state index is -4.92. The second kappa shape index (κ2) is 8.67. The lowest BCUT2D eigenvalue weighted by Crippen LogP contribution is -2.61. The summed E-state index contributed by atoms with van der Waals surface area (Å²) in [4.78, 5) is 26.5. The first-order chi connectivity index (χ1) is 16.4. The predicted octanol–water partition coefficient (Wildman–Crippen LogP) is 4.84. The first-order valence-corrected chi connectivity index (χ1v) is 10.9. The minimum absolute atomic E-state index is 0.129. The van der Waals surface area contributed by atoms with Gasteiger partial charge in [-0.1, -0.05) is 19.1 Å². The fourth-order valence-corrected chi connectivity index (χ4v) is 4.75. The number of hydrazine groups is 1. The van der Waals surface area contributed by atoms with Crippen LogP contribution in [-0.2, 0) is 22.3 Å². The zero-order valence-corrected chi connectivity index (χ0v) is 18.8. The highest BCUT2D eigenvalue weighted by atomic mass is 19.4. The van der Waals surface area contributed by atoms with E-state index in [0.717, 1.165) is 17.1 Å². The van der Waals surface area contributed by atoms with E-state index >= 15 is 0 Å². The van der Waals surface area contributed by atoms with Gasteiger partial charge < -0.3 is 14.8 Å². The molecule has 1 aromatic carbocycles. The summed E-state index contributed by atoms with van der Waals surface area (Å²) in [6.45, 7) is 2.80.